The number of nitro groups is 2. The van der Waals surface area contributed by atoms with Gasteiger partial charge in [-0.1, -0.05) is 153 Å². The Bertz CT molecular complexity index is 5880. The van der Waals surface area contributed by atoms with Crippen LogP contribution in [0.5, 0.6) is 34.5 Å². The van der Waals surface area contributed by atoms with Gasteiger partial charge in [0, 0.05) is 85.7 Å². The zero-order valence-electron chi connectivity index (χ0n) is 75.9. The van der Waals surface area contributed by atoms with Crippen molar-refractivity contribution in [1.29, 1.82) is 4.78 Å². The molecule has 7 aliphatic heterocycles. The molecular formula is C92H103B3BrN5O31S2. The lowest BCUT2D eigenvalue weighted by molar-refractivity contribution is -0.387. The van der Waals surface area contributed by atoms with Crippen molar-refractivity contribution in [3.05, 3.63) is 246 Å². The zero-order valence-corrected chi connectivity index (χ0v) is 79.1. The van der Waals surface area contributed by atoms with Gasteiger partial charge < -0.3 is 92.1 Å². The summed E-state index contributed by atoms with van der Waals surface area (Å²) >= 11 is 2.70. The molecule has 6 aliphatic carbocycles. The van der Waals surface area contributed by atoms with E-state index in [0.29, 0.717) is 87.1 Å². The molecule has 7 heterocycles. The molecule has 8 aromatic carbocycles. The molecule has 21 rings (SSSR count). The summed E-state index contributed by atoms with van der Waals surface area (Å²) in [5, 5.41) is 58.5. The van der Waals surface area contributed by atoms with Gasteiger partial charge in [-0.05, 0) is 158 Å². The number of hydrogen-bond donors (Lipinski definition) is 6. The first kappa shape index (κ1) is 102. The summed E-state index contributed by atoms with van der Waals surface area (Å²) in [5.74, 6) is -4.25. The van der Waals surface area contributed by atoms with Gasteiger partial charge in [-0.25, -0.2) is 28.8 Å². The molecule has 8 fully saturated rings. The number of anilines is 2. The van der Waals surface area contributed by atoms with Crippen molar-refractivity contribution in [3.8, 4) is 34.5 Å². The van der Waals surface area contributed by atoms with E-state index < -0.39 is 103 Å². The molecule has 4 bridgehead atoms. The van der Waals surface area contributed by atoms with E-state index in [4.69, 9.17) is 98.7 Å². The molecule has 134 heavy (non-hydrogen) atoms. The first-order valence-corrected chi connectivity index (χ1v) is 45.5. The highest BCUT2D eigenvalue weighted by molar-refractivity contribution is 9.09. The second-order valence-electron chi connectivity index (χ2n) is 36.4. The molecule has 7 N–H and O–H groups in total. The average Bonchev–Trinajstić information content (AvgIpc) is 1.45. The van der Waals surface area contributed by atoms with Crippen LogP contribution in [0.2, 0.25) is 6.32 Å². The van der Waals surface area contributed by atoms with Crippen LogP contribution in [0.3, 0.4) is 0 Å². The smallest absolute Gasteiger partial charge is 0.533 e. The third-order valence-electron chi connectivity index (χ3n) is 24.9. The van der Waals surface area contributed by atoms with Crippen LogP contribution in [0.25, 0.3) is 0 Å². The number of benzene rings is 8. The van der Waals surface area contributed by atoms with Gasteiger partial charge in [-0.3, -0.25) is 20.2 Å². The number of fused-ring (bicyclic) bond motifs is 5. The minimum Gasteiger partial charge on any atom is -0.533 e. The molecule has 4 unspecified atom stereocenters. The van der Waals surface area contributed by atoms with E-state index in [1.807, 2.05) is 77.7 Å². The van der Waals surface area contributed by atoms with Gasteiger partial charge >= 0.3 is 90.6 Å². The second kappa shape index (κ2) is 41.3. The van der Waals surface area contributed by atoms with Crippen LogP contribution in [-0.4, -0.2) is 162 Å². The maximum Gasteiger partial charge on any atom is 0.543 e. The van der Waals surface area contributed by atoms with Gasteiger partial charge in [0.2, 0.25) is 34.6 Å². The summed E-state index contributed by atoms with van der Waals surface area (Å²) in [6.45, 7) is 28.0. The molecule has 0 radical (unpaired) electrons. The van der Waals surface area contributed by atoms with E-state index >= 15 is 0 Å². The lowest BCUT2D eigenvalue weighted by Crippen LogP contribution is -2.65. The number of nitrogens with zero attached hydrogens (tertiary/aromatic N) is 3. The maximum atomic E-state index is 12.3. The highest BCUT2D eigenvalue weighted by Crippen LogP contribution is 2.67. The summed E-state index contributed by atoms with van der Waals surface area (Å²) in [6.07, 6.45) is 7.91. The largest absolute Gasteiger partial charge is 0.543 e. The van der Waals surface area contributed by atoms with Crippen LogP contribution in [0, 0.1) is 59.5 Å². The number of rotatable bonds is 12. The monoisotopic (exact) mass is 1950 g/mol. The Morgan fingerprint density at radius 2 is 0.903 bits per heavy atom. The molecule has 42 heteroatoms. The Morgan fingerprint density at radius 1 is 0.515 bits per heavy atom. The number of para-hydroxylation sites is 6. The molecule has 8 aromatic rings. The summed E-state index contributed by atoms with van der Waals surface area (Å²) in [6, 6.07) is 48.6. The predicted octanol–water partition coefficient (Wildman–Crippen LogP) is 15.6. The SMILES string of the molecule is CC1(C)C2CC3OB(CBr)O[C@@]3(C)[C@H]1C2.CC1(C)OC(=O)c2cccc(CCB3OC4CC5C[C@@H](C5(C)C)[C@]4(C)O3)c2O1.CC1(C)OC(=O)c2cccc(Cc3ccccc3)c2O1.CC1(C)OC(=O)c2cccc(N)c2O1.CC1(C)OC(=O)c2cccc([N+](=O)[O-])c2O1.N=S(=O)=O.O=C(O)c1cccc([N+](=O)[O-])c1O.O=C(O)c1cccc2c1OB(O)CN2Cc1ccccc1.O=S=O. The number of alkyl halides is 1. The van der Waals surface area contributed by atoms with E-state index in [2.05, 4.69) is 69.6 Å². The molecule has 13 aliphatic rings. The van der Waals surface area contributed by atoms with E-state index in [9.17, 15) is 59.1 Å². The van der Waals surface area contributed by atoms with Gasteiger partial charge in [0.05, 0.1) is 51.1 Å². The van der Waals surface area contributed by atoms with E-state index in [0.717, 1.165) is 71.5 Å². The number of phenols is 1. The quantitative estimate of drug-likeness (QED) is 0.0126. The number of carboxylic acid groups (broad SMARTS) is 2. The molecule has 8 atom stereocenters. The number of nitrogen functional groups attached to an aromatic ring is 1. The lowest BCUT2D eigenvalue weighted by atomic mass is 9.43. The number of esters is 4. The van der Waals surface area contributed by atoms with Gasteiger partial charge in [0.25, 0.3) is 0 Å². The fraction of sp³-hybridized carbons (Fsp3) is 0.413. The van der Waals surface area contributed by atoms with Crippen molar-refractivity contribution >= 4 is 118 Å². The van der Waals surface area contributed by atoms with Crippen LogP contribution in [0.15, 0.2) is 170 Å². The number of aryl methyl sites for hydroxylation is 1. The molecule has 0 aromatic heterocycles. The van der Waals surface area contributed by atoms with Crippen molar-refractivity contribution in [2.45, 2.75) is 195 Å². The van der Waals surface area contributed by atoms with Crippen molar-refractivity contribution in [2.75, 3.05) is 22.3 Å². The third kappa shape index (κ3) is 23.4. The van der Waals surface area contributed by atoms with Crippen molar-refractivity contribution in [2.24, 2.45) is 34.5 Å². The number of ether oxygens (including phenoxy) is 8. The summed E-state index contributed by atoms with van der Waals surface area (Å²) in [4.78, 5) is 90.5. The summed E-state index contributed by atoms with van der Waals surface area (Å²) < 4.78 is 113. The second-order valence-corrected chi connectivity index (χ2v) is 37.6. The van der Waals surface area contributed by atoms with Crippen LogP contribution < -0.4 is 34.2 Å². The first-order chi connectivity index (χ1) is 62.9. The summed E-state index contributed by atoms with van der Waals surface area (Å²) in [7, 11) is -3.89. The summed E-state index contributed by atoms with van der Waals surface area (Å²) in [5.41, 5.74) is 11.9. The van der Waals surface area contributed by atoms with Crippen LogP contribution in [0.1, 0.15) is 207 Å². The minimum absolute atomic E-state index is 0.0311. The van der Waals surface area contributed by atoms with Crippen LogP contribution in [0.4, 0.5) is 22.7 Å². The van der Waals surface area contributed by atoms with Crippen molar-refractivity contribution in [1.82, 2.24) is 0 Å². The predicted molar refractivity (Wildman–Crippen MR) is 491 cm³/mol. The molecule has 0 spiro atoms. The molecule has 710 valence electrons. The van der Waals surface area contributed by atoms with Gasteiger partial charge in [0.1, 0.15) is 50.6 Å². The molecule has 6 saturated carbocycles. The fourth-order valence-electron chi connectivity index (χ4n) is 18.5. The van der Waals surface area contributed by atoms with Gasteiger partial charge in [-0.2, -0.15) is 21.6 Å². The van der Waals surface area contributed by atoms with Crippen LogP contribution >= 0.6 is 15.9 Å². The lowest BCUT2D eigenvalue weighted by Gasteiger charge is -2.64. The number of cyclic esters (lactones) is 4. The van der Waals surface area contributed by atoms with E-state index in [1.165, 1.54) is 69.0 Å². The number of halogens is 1. The van der Waals surface area contributed by atoms with Crippen molar-refractivity contribution in [3.63, 3.8) is 0 Å². The molecular weight excluding hydrogens is 1850 g/mol. The number of aromatic carboxylic acids is 2. The average molecular weight is 1950 g/mol. The number of carbonyl (C=O) groups excluding carboxylic acids is 4. The first-order valence-electron chi connectivity index (χ1n) is 42.6. The molecule has 2 saturated heterocycles. The Morgan fingerprint density at radius 3 is 1.37 bits per heavy atom. The number of nitrogens with one attached hydrogen (secondary N) is 1. The van der Waals surface area contributed by atoms with Crippen LogP contribution in [-0.2, 0) is 79.0 Å². The number of nitro benzene ring substituents is 2. The Labute approximate surface area is 787 Å². The Hall–Kier alpha value is -12.3. The third-order valence-corrected chi connectivity index (χ3v) is 25.5. The Balaban J connectivity index is 0.000000151. The normalized spacial score (nSPS) is 23.0. The standard InChI is InChI=1S/C22H29BO5.C17H16O3.C15H14BNO4.C11H18BBrO2.C10H9NO5.C10H11NO3.C7H5NO5.HNO2S.O2S/c1-20(2)14-11-16(20)22(5)17(12-14)27-23(28-22)10-9-13-7-6-8-15-18(13)25-21(3,4)26-19(15)24;1-17(2)19-15-13(11-12-7-4-3-5-8-12)9-6-10-14(15)16(18)20-17;18-15(19)12-7-4-8-13-14(12)21-16(20)10-17(13)9-11-5-2-1-3-6-11;1-10(2)7-4-8(10)11(3)9(5-7)14-12(6-13)15-11;1-10(2)15-8-6(9(12)16-10)4-3-5-7(8)11(13)14;1-10(2)13-8-6(9(12)14-10)4-3-5-7(8)11;9-6-4(7(10)11)2-1-3-5(6)8(12)13;1-4(2)3;1-3-2/h6-8,14,16-17H,9-12H2,1-5H3;3-10H,11H2,1-2H3;1-8,20H,9-10H2,(H,18,19);7-9H,4-6H2,1-3H3;3-5H,1-2H3;3-5H,11H2,1-2H3;1-3,9H,(H,10,11);1H;/t14?,16-,17?,22-;;;7?,8-,9?,11-;;;;;/m0..0...../s1. The topological polar surface area (TPSA) is 511 Å². The number of carboxylic acids is 2. The minimum atomic E-state index is -2.61. The number of carbonyl (C=O) groups is 6. The van der Waals surface area contributed by atoms with Crippen molar-refractivity contribution < 1.29 is 137 Å². The molecule has 36 nitrogen and oxygen atoms in total. The van der Waals surface area contributed by atoms with E-state index in [1.54, 1.807) is 84.0 Å². The van der Waals surface area contributed by atoms with Gasteiger partial charge in [0.15, 0.2) is 5.75 Å². The fourth-order valence-corrected chi connectivity index (χ4v) is 18.8. The van der Waals surface area contributed by atoms with E-state index in [-0.39, 0.29) is 71.8 Å². The zero-order chi connectivity index (χ0) is 98.3. The number of nitrogens with two attached hydrogens (primary N) is 1. The number of aromatic hydroxyl groups is 1. The molecule has 0 amide bonds. The highest BCUT2D eigenvalue weighted by atomic mass is 79.9. The van der Waals surface area contributed by atoms with Gasteiger partial charge in [-0.15, -0.1) is 0 Å². The Kier molecular flexibility index (Phi) is 31.5. The maximum absolute atomic E-state index is 12.3. The number of hydrogen-bond acceptors (Lipinski definition) is 32. The highest BCUT2D eigenvalue weighted by Gasteiger charge is 2.69.